The van der Waals surface area contributed by atoms with E-state index < -0.39 is 0 Å². The van der Waals surface area contributed by atoms with Crippen LogP contribution in [0.2, 0.25) is 0 Å². The Labute approximate surface area is 75.9 Å². The minimum absolute atomic E-state index is 1.15. The summed E-state index contributed by atoms with van der Waals surface area (Å²) in [7, 11) is 0. The molecule has 0 heteroatoms. The first-order valence-corrected chi connectivity index (χ1v) is 4.44. The quantitative estimate of drug-likeness (QED) is 0.583. The first kappa shape index (κ1) is 11.0. The average molecular weight is 162 g/mol. The zero-order chi connectivity index (χ0) is 9.40. The van der Waals surface area contributed by atoms with Crippen LogP contribution < -0.4 is 0 Å². The van der Waals surface area contributed by atoms with Crippen LogP contribution in [-0.2, 0) is 12.8 Å². The molecule has 0 heterocycles. The Morgan fingerprint density at radius 2 is 1.42 bits per heavy atom. The van der Waals surface area contributed by atoms with E-state index in [1.54, 1.807) is 0 Å². The molecule has 0 atom stereocenters. The zero-order valence-corrected chi connectivity index (χ0v) is 8.14. The average Bonchev–Trinajstić information content (AvgIpc) is 2.21. The van der Waals surface area contributed by atoms with Gasteiger partial charge in [-0.3, -0.25) is 0 Å². The standard InChI is InChI=1S/C10H14.C2H4/c1-3-9-6-5-7-10(4-2)8-9;1-2/h5-8H,3-4H2,1-2H3;1-2H2. The maximum atomic E-state index is 3.00. The van der Waals surface area contributed by atoms with E-state index >= 15 is 0 Å². The summed E-state index contributed by atoms with van der Waals surface area (Å²) in [5.74, 6) is 0. The van der Waals surface area contributed by atoms with Gasteiger partial charge in [-0.2, -0.15) is 0 Å². The lowest BCUT2D eigenvalue weighted by Crippen LogP contribution is -1.83. The minimum Gasteiger partial charge on any atom is -0.106 e. The van der Waals surface area contributed by atoms with Crippen molar-refractivity contribution in [1.29, 1.82) is 0 Å². The topological polar surface area (TPSA) is 0 Å². The Bertz CT molecular complexity index is 194. The molecule has 0 nitrogen and oxygen atoms in total. The van der Waals surface area contributed by atoms with Gasteiger partial charge in [0.05, 0.1) is 0 Å². The van der Waals surface area contributed by atoms with Gasteiger partial charge in [0.15, 0.2) is 0 Å². The summed E-state index contributed by atoms with van der Waals surface area (Å²) in [6, 6.07) is 8.77. The van der Waals surface area contributed by atoms with Crippen LogP contribution in [-0.4, -0.2) is 0 Å². The Balaban J connectivity index is 0.000000561. The Hall–Kier alpha value is -1.04. The van der Waals surface area contributed by atoms with E-state index in [-0.39, 0.29) is 0 Å². The fourth-order valence-corrected chi connectivity index (χ4v) is 1.07. The van der Waals surface area contributed by atoms with E-state index in [2.05, 4.69) is 51.3 Å². The molecule has 0 aliphatic rings. The van der Waals surface area contributed by atoms with Gasteiger partial charge >= 0.3 is 0 Å². The van der Waals surface area contributed by atoms with Crippen molar-refractivity contribution >= 4 is 0 Å². The molecule has 0 N–H and O–H groups in total. The molecule has 0 aliphatic carbocycles. The zero-order valence-electron chi connectivity index (χ0n) is 8.14. The molecular formula is C12H18. The molecule has 1 aromatic rings. The van der Waals surface area contributed by atoms with Gasteiger partial charge in [0.1, 0.15) is 0 Å². The highest BCUT2D eigenvalue weighted by atomic mass is 13.9. The number of hydrogen-bond acceptors (Lipinski definition) is 0. The molecule has 1 rings (SSSR count). The number of benzene rings is 1. The molecule has 12 heavy (non-hydrogen) atoms. The van der Waals surface area contributed by atoms with Gasteiger partial charge in [0.2, 0.25) is 0 Å². The van der Waals surface area contributed by atoms with Gasteiger partial charge in [-0.1, -0.05) is 38.1 Å². The molecule has 0 saturated heterocycles. The van der Waals surface area contributed by atoms with Crippen LogP contribution in [0.1, 0.15) is 25.0 Å². The molecule has 0 aromatic heterocycles. The van der Waals surface area contributed by atoms with Crippen LogP contribution in [0.25, 0.3) is 0 Å². The summed E-state index contributed by atoms with van der Waals surface area (Å²) >= 11 is 0. The molecule has 1 aromatic carbocycles. The molecule has 0 radical (unpaired) electrons. The second kappa shape index (κ2) is 6.66. The van der Waals surface area contributed by atoms with Crippen molar-refractivity contribution in [1.82, 2.24) is 0 Å². The summed E-state index contributed by atoms with van der Waals surface area (Å²) in [6.45, 7) is 10.4. The summed E-state index contributed by atoms with van der Waals surface area (Å²) in [4.78, 5) is 0. The molecule has 0 aliphatic heterocycles. The van der Waals surface area contributed by atoms with Crippen LogP contribution in [0.3, 0.4) is 0 Å². The third kappa shape index (κ3) is 3.38. The number of rotatable bonds is 2. The van der Waals surface area contributed by atoms with E-state index in [9.17, 15) is 0 Å². The lowest BCUT2D eigenvalue weighted by atomic mass is 10.1. The van der Waals surface area contributed by atoms with Gasteiger partial charge in [-0.25, -0.2) is 0 Å². The summed E-state index contributed by atoms with van der Waals surface area (Å²) < 4.78 is 0. The fraction of sp³-hybridized carbons (Fsp3) is 0.333. The van der Waals surface area contributed by atoms with E-state index in [1.165, 1.54) is 11.1 Å². The number of hydrogen-bond donors (Lipinski definition) is 0. The SMILES string of the molecule is C=C.CCc1cccc(CC)c1. The molecule has 0 fully saturated rings. The molecule has 0 spiro atoms. The fourth-order valence-electron chi connectivity index (χ4n) is 1.07. The van der Waals surface area contributed by atoms with Gasteiger partial charge < -0.3 is 0 Å². The predicted molar refractivity (Wildman–Crippen MR) is 56.5 cm³/mol. The maximum absolute atomic E-state index is 3.00. The monoisotopic (exact) mass is 162 g/mol. The van der Waals surface area contributed by atoms with E-state index in [4.69, 9.17) is 0 Å². The van der Waals surface area contributed by atoms with Crippen LogP contribution in [0.4, 0.5) is 0 Å². The molecule has 0 unspecified atom stereocenters. The van der Waals surface area contributed by atoms with E-state index in [0.717, 1.165) is 12.8 Å². The highest BCUT2D eigenvalue weighted by molar-refractivity contribution is 5.23. The molecule has 0 amide bonds. The molecule has 0 bridgehead atoms. The van der Waals surface area contributed by atoms with E-state index in [0.29, 0.717) is 0 Å². The molecular weight excluding hydrogens is 144 g/mol. The summed E-state index contributed by atoms with van der Waals surface area (Å²) in [5, 5.41) is 0. The van der Waals surface area contributed by atoms with Gasteiger partial charge in [0, 0.05) is 0 Å². The highest BCUT2D eigenvalue weighted by Gasteiger charge is 1.89. The van der Waals surface area contributed by atoms with Crippen LogP contribution in [0, 0.1) is 0 Å². The van der Waals surface area contributed by atoms with Crippen molar-refractivity contribution in [3.8, 4) is 0 Å². The second-order valence-electron chi connectivity index (χ2n) is 2.53. The Morgan fingerprint density at radius 1 is 1.00 bits per heavy atom. The van der Waals surface area contributed by atoms with Crippen molar-refractivity contribution < 1.29 is 0 Å². The smallest absolute Gasteiger partial charge is 0.0307 e. The van der Waals surface area contributed by atoms with Crippen molar-refractivity contribution in [2.45, 2.75) is 26.7 Å². The number of aryl methyl sites for hydroxylation is 2. The first-order chi connectivity index (χ1) is 5.86. The first-order valence-electron chi connectivity index (χ1n) is 4.44. The van der Waals surface area contributed by atoms with Gasteiger partial charge in [-0.15, -0.1) is 13.2 Å². The minimum atomic E-state index is 1.15. The Kier molecular flexibility index (Phi) is 6.08. The third-order valence-corrected chi connectivity index (χ3v) is 1.81. The van der Waals surface area contributed by atoms with Crippen LogP contribution >= 0.6 is 0 Å². The normalized spacial score (nSPS) is 8.50. The Morgan fingerprint density at radius 3 is 1.75 bits per heavy atom. The maximum Gasteiger partial charge on any atom is -0.0307 e. The molecule has 0 saturated carbocycles. The van der Waals surface area contributed by atoms with Gasteiger partial charge in [-0.05, 0) is 24.0 Å². The lowest BCUT2D eigenvalue weighted by molar-refractivity contribution is 1.09. The van der Waals surface area contributed by atoms with Crippen LogP contribution in [0.15, 0.2) is 37.4 Å². The molecule has 66 valence electrons. The second-order valence-corrected chi connectivity index (χ2v) is 2.53. The third-order valence-electron chi connectivity index (χ3n) is 1.81. The van der Waals surface area contributed by atoms with Crippen LogP contribution in [0.5, 0.6) is 0 Å². The largest absolute Gasteiger partial charge is 0.106 e. The van der Waals surface area contributed by atoms with E-state index in [1.807, 2.05) is 0 Å². The van der Waals surface area contributed by atoms with Crippen molar-refractivity contribution in [3.63, 3.8) is 0 Å². The summed E-state index contributed by atoms with van der Waals surface area (Å²) in [5.41, 5.74) is 2.89. The van der Waals surface area contributed by atoms with Crippen molar-refractivity contribution in [2.75, 3.05) is 0 Å². The van der Waals surface area contributed by atoms with Crippen molar-refractivity contribution in [2.24, 2.45) is 0 Å². The lowest BCUT2D eigenvalue weighted by Gasteiger charge is -1.98. The predicted octanol–water partition coefficient (Wildman–Crippen LogP) is 3.61. The summed E-state index contributed by atoms with van der Waals surface area (Å²) in [6.07, 6.45) is 2.29. The van der Waals surface area contributed by atoms with Crippen molar-refractivity contribution in [3.05, 3.63) is 48.6 Å². The highest BCUT2D eigenvalue weighted by Crippen LogP contribution is 2.05. The van der Waals surface area contributed by atoms with Gasteiger partial charge in [0.25, 0.3) is 0 Å².